The number of para-hydroxylation sites is 1. The minimum absolute atomic E-state index is 0.481. The summed E-state index contributed by atoms with van der Waals surface area (Å²) in [5, 5.41) is 0. The van der Waals surface area contributed by atoms with Crippen molar-refractivity contribution in [1.82, 2.24) is 9.88 Å². The van der Waals surface area contributed by atoms with E-state index in [0.717, 1.165) is 19.5 Å². The van der Waals surface area contributed by atoms with Gasteiger partial charge in [0.15, 0.2) is 0 Å². The molecule has 17 heavy (non-hydrogen) atoms. The summed E-state index contributed by atoms with van der Waals surface area (Å²) in [5.74, 6) is 0.624. The van der Waals surface area contributed by atoms with Crippen molar-refractivity contribution in [2.24, 2.45) is 11.7 Å². The maximum Gasteiger partial charge on any atom is 0.0859 e. The first-order chi connectivity index (χ1) is 8.29. The molecule has 0 amide bonds. The minimum Gasteiger partial charge on any atom is -0.330 e. The molecule has 2 aromatic rings. The van der Waals surface area contributed by atoms with Gasteiger partial charge in [-0.05, 0) is 37.6 Å². The number of hydrogen-bond donors (Lipinski definition) is 1. The smallest absolute Gasteiger partial charge is 0.0859 e. The van der Waals surface area contributed by atoms with Crippen molar-refractivity contribution in [2.75, 3.05) is 20.1 Å². The van der Waals surface area contributed by atoms with Gasteiger partial charge in [-0.25, -0.2) is 4.98 Å². The lowest BCUT2D eigenvalue weighted by Crippen LogP contribution is -2.20. The van der Waals surface area contributed by atoms with Crippen molar-refractivity contribution in [3.8, 4) is 0 Å². The van der Waals surface area contributed by atoms with Crippen LogP contribution in [0.4, 0.5) is 0 Å². The molecule has 3 nitrogen and oxygen atoms in total. The molecule has 2 unspecified atom stereocenters. The van der Waals surface area contributed by atoms with E-state index in [9.17, 15) is 0 Å². The zero-order valence-electron chi connectivity index (χ0n) is 9.97. The van der Waals surface area contributed by atoms with Gasteiger partial charge in [0.05, 0.1) is 15.7 Å². The second-order valence-electron chi connectivity index (χ2n) is 4.84. The molecule has 1 fully saturated rings. The third kappa shape index (κ3) is 1.86. The Labute approximate surface area is 105 Å². The molecule has 0 aliphatic carbocycles. The number of hydrogen-bond acceptors (Lipinski definition) is 4. The second kappa shape index (κ2) is 4.37. The first-order valence-corrected chi connectivity index (χ1v) is 6.90. The Morgan fingerprint density at radius 2 is 2.41 bits per heavy atom. The van der Waals surface area contributed by atoms with Crippen LogP contribution < -0.4 is 5.73 Å². The van der Waals surface area contributed by atoms with Gasteiger partial charge in [-0.3, -0.25) is 4.90 Å². The number of aromatic nitrogens is 1. The lowest BCUT2D eigenvalue weighted by Gasteiger charge is -2.19. The summed E-state index contributed by atoms with van der Waals surface area (Å²) in [7, 11) is 2.19. The Bertz CT molecular complexity index is 522. The molecule has 1 aromatic carbocycles. The molecule has 1 saturated heterocycles. The predicted octanol–water partition coefficient (Wildman–Crippen LogP) is 2.25. The number of nitrogens with zero attached hydrogens (tertiary/aromatic N) is 2. The molecule has 1 aromatic heterocycles. The summed E-state index contributed by atoms with van der Waals surface area (Å²) in [4.78, 5) is 6.92. The van der Waals surface area contributed by atoms with Crippen LogP contribution in [0.3, 0.4) is 0 Å². The summed E-state index contributed by atoms with van der Waals surface area (Å²) in [6, 6.07) is 6.97. The van der Waals surface area contributed by atoms with Crippen LogP contribution in [0.15, 0.2) is 23.7 Å². The number of fused-ring (bicyclic) bond motifs is 1. The first kappa shape index (κ1) is 11.1. The highest BCUT2D eigenvalue weighted by molar-refractivity contribution is 7.16. The van der Waals surface area contributed by atoms with Gasteiger partial charge in [-0.15, -0.1) is 11.3 Å². The average Bonchev–Trinajstić information content (AvgIpc) is 2.94. The maximum absolute atomic E-state index is 5.79. The second-order valence-corrected chi connectivity index (χ2v) is 5.73. The van der Waals surface area contributed by atoms with Gasteiger partial charge in [0, 0.05) is 12.6 Å². The summed E-state index contributed by atoms with van der Waals surface area (Å²) in [6.07, 6.45) is 1.16. The number of likely N-dealkylation sites (tertiary alicyclic amines) is 1. The van der Waals surface area contributed by atoms with Crippen LogP contribution in [0.1, 0.15) is 18.0 Å². The third-order valence-electron chi connectivity index (χ3n) is 3.72. The van der Waals surface area contributed by atoms with Crippen molar-refractivity contribution >= 4 is 21.6 Å². The molecule has 2 atom stereocenters. The highest BCUT2D eigenvalue weighted by Gasteiger charge is 2.30. The van der Waals surface area contributed by atoms with E-state index in [1.807, 2.05) is 5.51 Å². The zero-order chi connectivity index (χ0) is 11.8. The number of nitrogens with two attached hydrogens (primary N) is 1. The van der Waals surface area contributed by atoms with E-state index in [4.69, 9.17) is 5.73 Å². The Kier molecular flexibility index (Phi) is 2.86. The zero-order valence-corrected chi connectivity index (χ0v) is 10.8. The fourth-order valence-electron chi connectivity index (χ4n) is 2.82. The Hall–Kier alpha value is -0.970. The summed E-state index contributed by atoms with van der Waals surface area (Å²) in [6.45, 7) is 1.88. The molecule has 2 N–H and O–H groups in total. The van der Waals surface area contributed by atoms with Gasteiger partial charge in [0.1, 0.15) is 0 Å². The molecule has 2 heterocycles. The number of thiazole rings is 1. The fourth-order valence-corrected chi connectivity index (χ4v) is 3.53. The molecule has 90 valence electrons. The van der Waals surface area contributed by atoms with E-state index in [-0.39, 0.29) is 0 Å². The van der Waals surface area contributed by atoms with Crippen molar-refractivity contribution < 1.29 is 0 Å². The van der Waals surface area contributed by atoms with Gasteiger partial charge < -0.3 is 5.73 Å². The van der Waals surface area contributed by atoms with E-state index in [2.05, 4.69) is 35.1 Å². The molecular formula is C13H17N3S. The van der Waals surface area contributed by atoms with E-state index >= 15 is 0 Å². The monoisotopic (exact) mass is 247 g/mol. The fraction of sp³-hybridized carbons (Fsp3) is 0.462. The quantitative estimate of drug-likeness (QED) is 0.885. The lowest BCUT2D eigenvalue weighted by molar-refractivity contribution is 0.315. The first-order valence-electron chi connectivity index (χ1n) is 6.02. The SMILES string of the molecule is CN1CC(CN)CC1c1cccc2scnc12. The topological polar surface area (TPSA) is 42.1 Å². The Morgan fingerprint density at radius 1 is 1.53 bits per heavy atom. The van der Waals surface area contributed by atoms with E-state index in [0.29, 0.717) is 12.0 Å². The van der Waals surface area contributed by atoms with E-state index in [1.54, 1.807) is 11.3 Å². The average molecular weight is 247 g/mol. The molecule has 1 aliphatic rings. The number of benzene rings is 1. The predicted molar refractivity (Wildman–Crippen MR) is 72.2 cm³/mol. The standard InChI is InChI=1S/C13H17N3S/c1-16-7-9(6-14)5-11(16)10-3-2-4-12-13(10)15-8-17-12/h2-4,8-9,11H,5-7,14H2,1H3. The van der Waals surface area contributed by atoms with Gasteiger partial charge in [-0.1, -0.05) is 12.1 Å². The van der Waals surface area contributed by atoms with Crippen molar-refractivity contribution in [2.45, 2.75) is 12.5 Å². The summed E-state index contributed by atoms with van der Waals surface area (Å²) < 4.78 is 1.28. The molecule has 0 bridgehead atoms. The Morgan fingerprint density at radius 3 is 3.18 bits per heavy atom. The van der Waals surface area contributed by atoms with Crippen LogP contribution in [0.25, 0.3) is 10.2 Å². The van der Waals surface area contributed by atoms with Crippen LogP contribution in [0.5, 0.6) is 0 Å². The molecular weight excluding hydrogens is 230 g/mol. The maximum atomic E-state index is 5.79. The number of rotatable bonds is 2. The van der Waals surface area contributed by atoms with Crippen molar-refractivity contribution in [3.05, 3.63) is 29.3 Å². The van der Waals surface area contributed by atoms with Crippen LogP contribution in [-0.4, -0.2) is 30.0 Å². The third-order valence-corrected chi connectivity index (χ3v) is 4.51. The molecule has 1 aliphatic heterocycles. The highest BCUT2D eigenvalue weighted by Crippen LogP contribution is 2.37. The summed E-state index contributed by atoms with van der Waals surface area (Å²) in [5.41, 5.74) is 10.3. The normalized spacial score (nSPS) is 25.8. The highest BCUT2D eigenvalue weighted by atomic mass is 32.1. The molecule has 0 spiro atoms. The molecule has 0 radical (unpaired) electrons. The van der Waals surface area contributed by atoms with Crippen LogP contribution in [0, 0.1) is 5.92 Å². The van der Waals surface area contributed by atoms with E-state index < -0.39 is 0 Å². The van der Waals surface area contributed by atoms with Crippen LogP contribution >= 0.6 is 11.3 Å². The molecule has 4 heteroatoms. The molecule has 3 rings (SSSR count). The van der Waals surface area contributed by atoms with Gasteiger partial charge in [0.25, 0.3) is 0 Å². The van der Waals surface area contributed by atoms with Crippen LogP contribution in [0.2, 0.25) is 0 Å². The Balaban J connectivity index is 2.01. The van der Waals surface area contributed by atoms with Crippen molar-refractivity contribution in [1.29, 1.82) is 0 Å². The largest absolute Gasteiger partial charge is 0.330 e. The van der Waals surface area contributed by atoms with Gasteiger partial charge in [0.2, 0.25) is 0 Å². The summed E-state index contributed by atoms with van der Waals surface area (Å²) >= 11 is 1.71. The van der Waals surface area contributed by atoms with Gasteiger partial charge in [-0.2, -0.15) is 0 Å². The van der Waals surface area contributed by atoms with Crippen LogP contribution in [-0.2, 0) is 0 Å². The van der Waals surface area contributed by atoms with Crippen molar-refractivity contribution in [3.63, 3.8) is 0 Å². The van der Waals surface area contributed by atoms with Gasteiger partial charge >= 0.3 is 0 Å². The minimum atomic E-state index is 0.481. The molecule has 0 saturated carbocycles. The van der Waals surface area contributed by atoms with E-state index in [1.165, 1.54) is 15.8 Å². The lowest BCUT2D eigenvalue weighted by atomic mass is 9.99.